The summed E-state index contributed by atoms with van der Waals surface area (Å²) >= 11 is 0. The van der Waals surface area contributed by atoms with Crippen molar-refractivity contribution >= 4 is 0 Å². The maximum Gasteiger partial charge on any atom is 0.168 e. The smallest absolute Gasteiger partial charge is 0.168 e. The van der Waals surface area contributed by atoms with E-state index < -0.39 is 0 Å². The molecule has 0 saturated heterocycles. The lowest BCUT2D eigenvalue weighted by Crippen LogP contribution is -3.00. The number of ether oxygens (including phenoxy) is 1. The molecule has 0 radical (unpaired) electrons. The summed E-state index contributed by atoms with van der Waals surface area (Å²) in [5.74, 6) is 1.11. The van der Waals surface area contributed by atoms with Gasteiger partial charge < -0.3 is 17.1 Å². The zero-order chi connectivity index (χ0) is 19.2. The molecule has 0 N–H and O–H groups in total. The van der Waals surface area contributed by atoms with Crippen molar-refractivity contribution < 1.29 is 21.7 Å². The molecule has 0 aliphatic heterocycles. The molecule has 156 valence electrons. The number of hydrogen-bond donors (Lipinski definition) is 0. The first-order valence-corrected chi connectivity index (χ1v) is 11.0. The third kappa shape index (κ3) is 9.59. The van der Waals surface area contributed by atoms with Crippen LogP contribution in [0.4, 0.5) is 0 Å². The molecule has 0 bridgehead atoms. The van der Waals surface area contributed by atoms with Crippen LogP contribution in [0.5, 0.6) is 5.75 Å². The van der Waals surface area contributed by atoms with Crippen molar-refractivity contribution in [2.75, 3.05) is 6.61 Å². The van der Waals surface area contributed by atoms with E-state index in [1.165, 1.54) is 56.1 Å². The van der Waals surface area contributed by atoms with Crippen LogP contribution in [0.15, 0.2) is 48.8 Å². The summed E-state index contributed by atoms with van der Waals surface area (Å²) in [6, 6.07) is 13.1. The number of pyridine rings is 1. The molecule has 0 amide bonds. The fourth-order valence-electron chi connectivity index (χ4n) is 3.43. The second kappa shape index (κ2) is 15.4. The standard InChI is InChI=1S/C25H38NO.ClH/c1-3-5-8-14-23-16-17-25(24(22-23)15-9-6-4-2)27-21-13-12-20-26-18-10-7-11-19-26;/h7,10-11,16-19,22H,3-6,8-9,12-15,20-21H2,1-2H3;1H/q+1;/p-1. The first-order chi connectivity index (χ1) is 13.3. The Morgan fingerprint density at radius 3 is 2.21 bits per heavy atom. The molecule has 0 atom stereocenters. The Morgan fingerprint density at radius 2 is 1.50 bits per heavy atom. The van der Waals surface area contributed by atoms with Crippen molar-refractivity contribution in [1.29, 1.82) is 0 Å². The molecule has 28 heavy (non-hydrogen) atoms. The van der Waals surface area contributed by atoms with Crippen LogP contribution in [0.1, 0.15) is 76.3 Å². The molecule has 3 heteroatoms. The number of benzene rings is 1. The molecule has 0 spiro atoms. The first kappa shape index (κ1) is 24.5. The van der Waals surface area contributed by atoms with Gasteiger partial charge in [0.05, 0.1) is 6.61 Å². The number of aryl methyl sites for hydroxylation is 3. The predicted molar refractivity (Wildman–Crippen MR) is 114 cm³/mol. The Balaban J connectivity index is 0.00000392. The van der Waals surface area contributed by atoms with Crippen molar-refractivity contribution in [1.82, 2.24) is 0 Å². The first-order valence-electron chi connectivity index (χ1n) is 11.0. The van der Waals surface area contributed by atoms with Gasteiger partial charge in [-0.3, -0.25) is 0 Å². The molecule has 1 aromatic carbocycles. The molecule has 1 aromatic heterocycles. The molecule has 2 aromatic rings. The molecule has 2 rings (SSSR count). The van der Waals surface area contributed by atoms with Crippen LogP contribution in [-0.4, -0.2) is 6.61 Å². The molecule has 0 fully saturated rings. The van der Waals surface area contributed by atoms with E-state index in [-0.39, 0.29) is 12.4 Å². The lowest BCUT2D eigenvalue weighted by Gasteiger charge is -2.13. The maximum atomic E-state index is 6.18. The van der Waals surface area contributed by atoms with Crippen LogP contribution in [0.3, 0.4) is 0 Å². The lowest BCUT2D eigenvalue weighted by molar-refractivity contribution is -0.697. The van der Waals surface area contributed by atoms with Gasteiger partial charge in [0, 0.05) is 18.6 Å². The van der Waals surface area contributed by atoms with Crippen molar-refractivity contribution in [2.24, 2.45) is 0 Å². The molecule has 0 aliphatic rings. The highest BCUT2D eigenvalue weighted by Crippen LogP contribution is 2.24. The van der Waals surface area contributed by atoms with Gasteiger partial charge in [-0.25, -0.2) is 4.57 Å². The quantitative estimate of drug-likeness (QED) is 0.348. The average molecular weight is 404 g/mol. The van der Waals surface area contributed by atoms with E-state index >= 15 is 0 Å². The summed E-state index contributed by atoms with van der Waals surface area (Å²) in [5, 5.41) is 0. The zero-order valence-corrected chi connectivity index (χ0v) is 18.6. The van der Waals surface area contributed by atoms with E-state index in [0.29, 0.717) is 0 Å². The van der Waals surface area contributed by atoms with Gasteiger partial charge in [0.2, 0.25) is 0 Å². The Hall–Kier alpha value is -1.54. The number of hydrogen-bond acceptors (Lipinski definition) is 1. The van der Waals surface area contributed by atoms with Crippen molar-refractivity contribution in [2.45, 2.75) is 84.6 Å². The van der Waals surface area contributed by atoms with E-state index in [2.05, 4.69) is 67.2 Å². The Labute approximate surface area is 178 Å². The minimum Gasteiger partial charge on any atom is -1.00 e. The van der Waals surface area contributed by atoms with Gasteiger partial charge in [-0.2, -0.15) is 0 Å². The van der Waals surface area contributed by atoms with Crippen molar-refractivity contribution in [3.8, 4) is 5.75 Å². The van der Waals surface area contributed by atoms with Crippen LogP contribution < -0.4 is 21.7 Å². The molecular weight excluding hydrogens is 366 g/mol. The topological polar surface area (TPSA) is 13.1 Å². The number of aromatic nitrogens is 1. The second-order valence-electron chi connectivity index (χ2n) is 7.53. The summed E-state index contributed by atoms with van der Waals surface area (Å²) in [6.07, 6.45) is 16.6. The third-order valence-corrected chi connectivity index (χ3v) is 5.09. The largest absolute Gasteiger partial charge is 1.00 e. The van der Waals surface area contributed by atoms with Crippen LogP contribution in [-0.2, 0) is 19.4 Å². The summed E-state index contributed by atoms with van der Waals surface area (Å²) in [4.78, 5) is 0. The number of rotatable bonds is 14. The van der Waals surface area contributed by atoms with E-state index in [9.17, 15) is 0 Å². The molecule has 0 aliphatic carbocycles. The average Bonchev–Trinajstić information content (AvgIpc) is 2.70. The number of halogens is 1. The summed E-state index contributed by atoms with van der Waals surface area (Å²) < 4.78 is 8.41. The molecule has 1 heterocycles. The number of nitrogens with zero attached hydrogens (tertiary/aromatic N) is 1. The van der Waals surface area contributed by atoms with Crippen molar-refractivity contribution in [3.63, 3.8) is 0 Å². The van der Waals surface area contributed by atoms with E-state index in [1.807, 2.05) is 0 Å². The summed E-state index contributed by atoms with van der Waals surface area (Å²) in [6.45, 7) is 6.40. The highest BCUT2D eigenvalue weighted by molar-refractivity contribution is 5.37. The minimum absolute atomic E-state index is 0. The lowest BCUT2D eigenvalue weighted by atomic mass is 10.00. The monoisotopic (exact) mass is 403 g/mol. The van der Waals surface area contributed by atoms with E-state index in [1.54, 1.807) is 0 Å². The zero-order valence-electron chi connectivity index (χ0n) is 17.8. The summed E-state index contributed by atoms with van der Waals surface area (Å²) in [7, 11) is 0. The highest BCUT2D eigenvalue weighted by Gasteiger charge is 2.07. The van der Waals surface area contributed by atoms with Crippen molar-refractivity contribution in [3.05, 3.63) is 59.9 Å². The molecule has 0 unspecified atom stereocenters. The molecule has 2 nitrogen and oxygen atoms in total. The maximum absolute atomic E-state index is 6.18. The van der Waals surface area contributed by atoms with Crippen LogP contribution in [0, 0.1) is 0 Å². The number of unbranched alkanes of at least 4 members (excludes halogenated alkanes) is 5. The van der Waals surface area contributed by atoms with Gasteiger partial charge in [-0.05, 0) is 49.3 Å². The van der Waals surface area contributed by atoms with Gasteiger partial charge in [-0.15, -0.1) is 0 Å². The van der Waals surface area contributed by atoms with Crippen LogP contribution in [0.25, 0.3) is 0 Å². The summed E-state index contributed by atoms with van der Waals surface area (Å²) in [5.41, 5.74) is 2.89. The fraction of sp³-hybridized carbons (Fsp3) is 0.560. The van der Waals surface area contributed by atoms with E-state index in [4.69, 9.17) is 4.74 Å². The van der Waals surface area contributed by atoms with Gasteiger partial charge in [-0.1, -0.05) is 57.7 Å². The second-order valence-corrected chi connectivity index (χ2v) is 7.53. The Morgan fingerprint density at radius 1 is 0.786 bits per heavy atom. The third-order valence-electron chi connectivity index (χ3n) is 5.09. The predicted octanol–water partition coefficient (Wildman–Crippen LogP) is 3.30. The van der Waals surface area contributed by atoms with E-state index in [0.717, 1.165) is 38.2 Å². The minimum atomic E-state index is 0. The Bertz CT molecular complexity index is 630. The fourth-order valence-corrected chi connectivity index (χ4v) is 3.43. The Kier molecular flexibility index (Phi) is 13.5. The van der Waals surface area contributed by atoms with Gasteiger partial charge in [0.1, 0.15) is 12.3 Å². The van der Waals surface area contributed by atoms with Gasteiger partial charge >= 0.3 is 0 Å². The van der Waals surface area contributed by atoms with Crippen LogP contribution in [0.2, 0.25) is 0 Å². The van der Waals surface area contributed by atoms with Gasteiger partial charge in [0.15, 0.2) is 12.4 Å². The van der Waals surface area contributed by atoms with Crippen LogP contribution >= 0.6 is 0 Å². The molecule has 0 saturated carbocycles. The van der Waals surface area contributed by atoms with Gasteiger partial charge in [0.25, 0.3) is 0 Å². The molecular formula is C25H38ClNO. The SMILES string of the molecule is CCCCCc1ccc(OCCCC[n+]2ccccc2)c(CCCCC)c1.[Cl-]. The highest BCUT2D eigenvalue weighted by atomic mass is 35.5. The normalized spacial score (nSPS) is 10.5.